The number of hydrogen-bond donors (Lipinski definition) is 4. The Labute approximate surface area is 171 Å². The van der Waals surface area contributed by atoms with Gasteiger partial charge in [-0.1, -0.05) is 0 Å². The summed E-state index contributed by atoms with van der Waals surface area (Å²) in [4.78, 5) is 28.3. The van der Waals surface area contributed by atoms with Gasteiger partial charge >= 0.3 is 19.4 Å². The van der Waals surface area contributed by atoms with Gasteiger partial charge in [0.2, 0.25) is 5.91 Å². The fourth-order valence-corrected chi connectivity index (χ4v) is 5.20. The number of carbonyl (C=O) groups is 1. The minimum Gasteiger partial charge on any atom is -0.489 e. The first-order valence-corrected chi connectivity index (χ1v) is 10.6. The van der Waals surface area contributed by atoms with Crippen molar-refractivity contribution in [3.63, 3.8) is 0 Å². The largest absolute Gasteiger partial charge is 0.489 e. The van der Waals surface area contributed by atoms with Crippen LogP contribution in [0.15, 0.2) is 16.6 Å². The van der Waals surface area contributed by atoms with E-state index < -0.39 is 53.8 Å². The Balaban J connectivity index is 2.56. The van der Waals surface area contributed by atoms with Gasteiger partial charge in [0, 0.05) is 15.4 Å². The minimum atomic E-state index is -5.92. The van der Waals surface area contributed by atoms with Crippen LogP contribution in [0.4, 0.5) is 22.0 Å². The number of ether oxygens (including phenoxy) is 1. The number of halogens is 6. The molecule has 162 valence electrons. The predicted molar refractivity (Wildman–Crippen MR) is 96.2 cm³/mol. The lowest BCUT2D eigenvalue weighted by Crippen LogP contribution is -2.25. The highest BCUT2D eigenvalue weighted by atomic mass is 79.9. The SMILES string of the molecule is NC(=O)c1cc(OCC(O)CC(F)(F)F)c2sc(C(F)(F)P(=O)(O)O)c(Br)c2c1. The number of fused-ring (bicyclic) bond motifs is 1. The summed E-state index contributed by atoms with van der Waals surface area (Å²) < 4.78 is 80.9. The van der Waals surface area contributed by atoms with Crippen LogP contribution in [-0.2, 0) is 10.2 Å². The second kappa shape index (κ2) is 8.08. The topological polar surface area (TPSA) is 130 Å². The number of alkyl halides is 5. The van der Waals surface area contributed by atoms with Crippen LogP contribution >= 0.6 is 34.9 Å². The Morgan fingerprint density at radius 3 is 2.34 bits per heavy atom. The Hall–Kier alpha value is -1.31. The van der Waals surface area contributed by atoms with Crippen molar-refractivity contribution < 1.29 is 50.9 Å². The summed E-state index contributed by atoms with van der Waals surface area (Å²) in [6.07, 6.45) is -8.26. The fourth-order valence-electron chi connectivity index (χ4n) is 2.23. The molecule has 0 aliphatic heterocycles. The van der Waals surface area contributed by atoms with Gasteiger partial charge in [-0.2, -0.15) is 22.0 Å². The minimum absolute atomic E-state index is 0.130. The lowest BCUT2D eigenvalue weighted by Gasteiger charge is -2.16. The molecular weight excluding hydrogens is 516 g/mol. The molecule has 0 aliphatic carbocycles. The molecule has 1 atom stereocenters. The molecule has 1 aromatic carbocycles. The number of carbonyl (C=O) groups excluding carboxylic acids is 1. The molecule has 0 aliphatic rings. The number of nitrogens with two attached hydrogens (primary N) is 1. The van der Waals surface area contributed by atoms with Crippen LogP contribution in [0, 0.1) is 0 Å². The zero-order chi connectivity index (χ0) is 22.4. The lowest BCUT2D eigenvalue weighted by molar-refractivity contribution is -0.156. The summed E-state index contributed by atoms with van der Waals surface area (Å²) in [6.45, 7) is -0.892. The van der Waals surface area contributed by atoms with E-state index in [-0.39, 0.29) is 32.7 Å². The van der Waals surface area contributed by atoms with Crippen molar-refractivity contribution in [3.8, 4) is 5.75 Å². The molecule has 1 heterocycles. The van der Waals surface area contributed by atoms with Gasteiger partial charge in [0.1, 0.15) is 17.2 Å². The normalized spacial score (nSPS) is 14.2. The van der Waals surface area contributed by atoms with E-state index in [2.05, 4.69) is 15.9 Å². The van der Waals surface area contributed by atoms with Crippen molar-refractivity contribution >= 4 is 50.9 Å². The zero-order valence-electron chi connectivity index (χ0n) is 13.9. The number of amides is 1. The quantitative estimate of drug-likeness (QED) is 0.321. The van der Waals surface area contributed by atoms with E-state index >= 15 is 0 Å². The van der Waals surface area contributed by atoms with Gasteiger partial charge in [-0.05, 0) is 28.1 Å². The second-order valence-corrected chi connectivity index (χ2v) is 9.29. The Morgan fingerprint density at radius 1 is 1.28 bits per heavy atom. The zero-order valence-corrected chi connectivity index (χ0v) is 17.2. The standard InChI is InChI=1S/C14H12BrF5NO6PS/c15-9-7-1-5(12(21)23)2-8(27-4-6(22)3-13(16,17)18)10(7)29-11(9)14(19,20)28(24,25)26/h1-2,6,22H,3-4H2,(H2,21,23)(H2,24,25,26). The third-order valence-corrected chi connectivity index (χ3v) is 7.00. The van der Waals surface area contributed by atoms with Crippen LogP contribution in [0.5, 0.6) is 5.75 Å². The van der Waals surface area contributed by atoms with Gasteiger partial charge in [-0.25, -0.2) is 0 Å². The van der Waals surface area contributed by atoms with E-state index in [0.717, 1.165) is 12.1 Å². The lowest BCUT2D eigenvalue weighted by atomic mass is 10.1. The molecule has 0 spiro atoms. The van der Waals surface area contributed by atoms with Crippen LogP contribution in [0.1, 0.15) is 21.7 Å². The molecule has 15 heteroatoms. The summed E-state index contributed by atoms with van der Waals surface area (Å²) in [5.41, 5.74) is 0.298. The van der Waals surface area contributed by atoms with E-state index in [1.54, 1.807) is 0 Å². The number of aliphatic hydroxyl groups is 1. The van der Waals surface area contributed by atoms with Gasteiger partial charge in [-0.15, -0.1) is 11.3 Å². The second-order valence-electron chi connectivity index (χ2n) is 5.83. The maximum atomic E-state index is 14.2. The number of hydrogen-bond acceptors (Lipinski definition) is 5. The number of aliphatic hydroxyl groups excluding tert-OH is 1. The first-order chi connectivity index (χ1) is 13.0. The molecule has 29 heavy (non-hydrogen) atoms. The molecule has 0 fully saturated rings. The third-order valence-electron chi connectivity index (χ3n) is 3.52. The summed E-state index contributed by atoms with van der Waals surface area (Å²) in [7, 11) is -5.92. The summed E-state index contributed by atoms with van der Waals surface area (Å²) in [5, 5.41) is 9.30. The maximum absolute atomic E-state index is 14.2. The first kappa shape index (κ1) is 24.0. The first-order valence-electron chi connectivity index (χ1n) is 7.42. The smallest absolute Gasteiger partial charge is 0.400 e. The summed E-state index contributed by atoms with van der Waals surface area (Å²) in [5.74, 6) is -1.38. The van der Waals surface area contributed by atoms with Crippen LogP contribution in [0.25, 0.3) is 10.1 Å². The van der Waals surface area contributed by atoms with Crippen molar-refractivity contribution in [1.82, 2.24) is 0 Å². The van der Waals surface area contributed by atoms with E-state index in [9.17, 15) is 36.4 Å². The molecule has 5 N–H and O–H groups in total. The van der Waals surface area contributed by atoms with Crippen LogP contribution in [0.2, 0.25) is 0 Å². The van der Waals surface area contributed by atoms with Crippen molar-refractivity contribution in [3.05, 3.63) is 27.0 Å². The van der Waals surface area contributed by atoms with Gasteiger partial charge in [0.05, 0.1) is 17.2 Å². The van der Waals surface area contributed by atoms with Gasteiger partial charge in [0.15, 0.2) is 0 Å². The number of thiophene rings is 1. The maximum Gasteiger partial charge on any atom is 0.400 e. The highest BCUT2D eigenvalue weighted by Gasteiger charge is 2.53. The van der Waals surface area contributed by atoms with E-state index in [4.69, 9.17) is 20.3 Å². The molecule has 0 saturated heterocycles. The monoisotopic (exact) mass is 527 g/mol. The van der Waals surface area contributed by atoms with E-state index in [1.807, 2.05) is 0 Å². The average molecular weight is 528 g/mol. The molecule has 1 amide bonds. The van der Waals surface area contributed by atoms with Crippen LogP contribution in [0.3, 0.4) is 0 Å². The Bertz CT molecular complexity index is 991. The van der Waals surface area contributed by atoms with Crippen LogP contribution in [-0.4, -0.2) is 39.7 Å². The van der Waals surface area contributed by atoms with Crippen molar-refractivity contribution in [2.24, 2.45) is 5.73 Å². The van der Waals surface area contributed by atoms with Crippen molar-refractivity contribution in [2.45, 2.75) is 24.4 Å². The van der Waals surface area contributed by atoms with E-state index in [0.29, 0.717) is 0 Å². The molecule has 7 nitrogen and oxygen atoms in total. The molecule has 0 saturated carbocycles. The fraction of sp³-hybridized carbons (Fsp3) is 0.357. The van der Waals surface area contributed by atoms with Crippen molar-refractivity contribution in [2.75, 3.05) is 6.61 Å². The molecule has 2 rings (SSSR count). The molecular formula is C14H12BrF5NO6PS. The molecule has 0 bridgehead atoms. The van der Waals surface area contributed by atoms with E-state index in [1.165, 1.54) is 0 Å². The summed E-state index contributed by atoms with van der Waals surface area (Å²) in [6, 6.07) is 2.02. The van der Waals surface area contributed by atoms with Gasteiger partial charge < -0.3 is 25.4 Å². The predicted octanol–water partition coefficient (Wildman–Crippen LogP) is 3.68. The van der Waals surface area contributed by atoms with Crippen LogP contribution < -0.4 is 10.5 Å². The third kappa shape index (κ3) is 5.25. The Kier molecular flexibility index (Phi) is 6.68. The highest BCUT2D eigenvalue weighted by molar-refractivity contribution is 9.10. The molecule has 2 aromatic rings. The highest BCUT2D eigenvalue weighted by Crippen LogP contribution is 2.63. The molecule has 0 radical (unpaired) electrons. The average Bonchev–Trinajstić information content (AvgIpc) is 2.87. The van der Waals surface area contributed by atoms with Gasteiger partial charge in [-0.3, -0.25) is 9.36 Å². The number of rotatable bonds is 7. The number of primary amides is 1. The summed E-state index contributed by atoms with van der Waals surface area (Å²) >= 11 is 3.00. The van der Waals surface area contributed by atoms with Crippen molar-refractivity contribution in [1.29, 1.82) is 0 Å². The Morgan fingerprint density at radius 2 is 1.86 bits per heavy atom. The van der Waals surface area contributed by atoms with Gasteiger partial charge in [0.25, 0.3) is 0 Å². The molecule has 1 unspecified atom stereocenters. The number of benzene rings is 1. The molecule has 1 aromatic heterocycles.